The number of esters is 3. The van der Waals surface area contributed by atoms with Gasteiger partial charge in [0.15, 0.2) is 6.10 Å². The Balaban J connectivity index is 4.62. The number of hydrogen-bond donors (Lipinski definition) is 0. The fraction of sp³-hybridized carbons (Fsp3) is 0.522. The van der Waals surface area contributed by atoms with E-state index in [2.05, 4.69) is 203 Å². The number of carbonyl (C=O) groups excluding carboxylic acids is 3. The topological polar surface area (TPSA) is 78.9 Å². The van der Waals surface area contributed by atoms with Gasteiger partial charge in [0.25, 0.3) is 0 Å². The van der Waals surface area contributed by atoms with E-state index in [4.69, 9.17) is 14.2 Å². The van der Waals surface area contributed by atoms with Crippen LogP contribution in [0.1, 0.15) is 213 Å². The maximum Gasteiger partial charge on any atom is 0.306 e. The first kappa shape index (κ1) is 69.5. The van der Waals surface area contributed by atoms with Crippen LogP contribution in [0.25, 0.3) is 0 Å². The van der Waals surface area contributed by atoms with Gasteiger partial charge in [-0.05, 0) is 154 Å². The first-order valence-corrected chi connectivity index (χ1v) is 29.3. The lowest BCUT2D eigenvalue weighted by Gasteiger charge is -2.18. The van der Waals surface area contributed by atoms with Crippen molar-refractivity contribution in [3.05, 3.63) is 182 Å². The summed E-state index contributed by atoms with van der Waals surface area (Å²) in [5, 5.41) is 0. The zero-order chi connectivity index (χ0) is 54.3. The molecule has 0 spiro atoms. The summed E-state index contributed by atoms with van der Waals surface area (Å²) in [5.74, 6) is -1.05. The van der Waals surface area contributed by atoms with Crippen LogP contribution in [-0.2, 0) is 28.6 Å². The Morgan fingerprint density at radius 3 is 0.773 bits per heavy atom. The van der Waals surface area contributed by atoms with Gasteiger partial charge in [0.2, 0.25) is 0 Å². The molecule has 0 amide bonds. The Kier molecular flexibility index (Phi) is 56.6. The number of carbonyl (C=O) groups is 3. The maximum absolute atomic E-state index is 12.9. The number of rotatable bonds is 50. The summed E-state index contributed by atoms with van der Waals surface area (Å²) >= 11 is 0. The Hall–Kier alpha value is -5.49. The van der Waals surface area contributed by atoms with Crippen LogP contribution in [0, 0.1) is 0 Å². The summed E-state index contributed by atoms with van der Waals surface area (Å²) in [5.41, 5.74) is 0. The molecule has 0 aromatic carbocycles. The summed E-state index contributed by atoms with van der Waals surface area (Å²) in [6.07, 6.45) is 91.7. The summed E-state index contributed by atoms with van der Waals surface area (Å²) in [7, 11) is 0. The Morgan fingerprint density at radius 1 is 0.267 bits per heavy atom. The van der Waals surface area contributed by atoms with Crippen LogP contribution < -0.4 is 0 Å². The third kappa shape index (κ3) is 59.3. The van der Waals surface area contributed by atoms with Crippen LogP contribution in [0.4, 0.5) is 0 Å². The van der Waals surface area contributed by atoms with E-state index in [1.54, 1.807) is 0 Å². The van der Waals surface area contributed by atoms with Gasteiger partial charge in [-0.1, -0.05) is 222 Å². The van der Waals surface area contributed by atoms with Crippen LogP contribution in [-0.4, -0.2) is 37.2 Å². The highest BCUT2D eigenvalue weighted by Gasteiger charge is 2.19. The Morgan fingerprint density at radius 2 is 0.480 bits per heavy atom. The molecule has 6 nitrogen and oxygen atoms in total. The number of hydrogen-bond acceptors (Lipinski definition) is 6. The lowest BCUT2D eigenvalue weighted by Crippen LogP contribution is -2.30. The van der Waals surface area contributed by atoms with Crippen LogP contribution >= 0.6 is 0 Å². The van der Waals surface area contributed by atoms with Crippen molar-refractivity contribution in [3.8, 4) is 0 Å². The summed E-state index contributed by atoms with van der Waals surface area (Å²) in [6, 6.07) is 0. The Bertz CT molecular complexity index is 1800. The second kappa shape index (κ2) is 61.1. The number of unbranched alkanes of at least 4 members (excludes halogenated alkanes) is 9. The highest BCUT2D eigenvalue weighted by molar-refractivity contribution is 5.71. The normalized spacial score (nSPS) is 13.5. The van der Waals surface area contributed by atoms with Gasteiger partial charge in [-0.2, -0.15) is 0 Å². The molecule has 6 heteroatoms. The molecule has 0 aliphatic rings. The minimum absolute atomic E-state index is 0.129. The summed E-state index contributed by atoms with van der Waals surface area (Å²) < 4.78 is 16.8. The van der Waals surface area contributed by atoms with E-state index in [1.807, 2.05) is 0 Å². The van der Waals surface area contributed by atoms with Crippen molar-refractivity contribution in [1.29, 1.82) is 0 Å². The van der Waals surface area contributed by atoms with Gasteiger partial charge in [0, 0.05) is 19.3 Å². The van der Waals surface area contributed by atoms with Gasteiger partial charge in [0.1, 0.15) is 13.2 Å². The van der Waals surface area contributed by atoms with Crippen molar-refractivity contribution < 1.29 is 28.6 Å². The van der Waals surface area contributed by atoms with E-state index in [0.29, 0.717) is 19.3 Å². The van der Waals surface area contributed by atoms with Crippen molar-refractivity contribution >= 4 is 17.9 Å². The molecule has 0 N–H and O–H groups in total. The van der Waals surface area contributed by atoms with Gasteiger partial charge < -0.3 is 14.2 Å². The molecule has 0 saturated heterocycles. The zero-order valence-electron chi connectivity index (χ0n) is 47.5. The molecule has 0 aliphatic carbocycles. The molecule has 0 aromatic rings. The van der Waals surface area contributed by atoms with E-state index in [0.717, 1.165) is 161 Å². The first-order chi connectivity index (χ1) is 37.0. The van der Waals surface area contributed by atoms with Gasteiger partial charge in [0.05, 0.1) is 0 Å². The highest BCUT2D eigenvalue weighted by atomic mass is 16.6. The van der Waals surface area contributed by atoms with E-state index < -0.39 is 6.10 Å². The SMILES string of the molecule is CC/C=C\C/C=C\C/C=C\C/C=C\C/C=C\C/C=C\CCCCC(=O)OCC(COC(=O)CCCCCCC/C=C\C/C=C\C/C=C\CC)OC(=O)CCCC/C=C\C/C=C\C/C=C\C/C=C\C/C=C\C/C=C\CC. The minimum Gasteiger partial charge on any atom is -0.462 e. The largest absolute Gasteiger partial charge is 0.462 e. The molecule has 0 bridgehead atoms. The van der Waals surface area contributed by atoms with E-state index in [1.165, 1.54) is 0 Å². The van der Waals surface area contributed by atoms with Crippen molar-refractivity contribution in [1.82, 2.24) is 0 Å². The predicted octanol–water partition coefficient (Wildman–Crippen LogP) is 20.1. The third-order valence-corrected chi connectivity index (χ3v) is 11.4. The highest BCUT2D eigenvalue weighted by Crippen LogP contribution is 2.12. The van der Waals surface area contributed by atoms with Crippen molar-refractivity contribution in [2.75, 3.05) is 13.2 Å². The van der Waals surface area contributed by atoms with Gasteiger partial charge in [-0.3, -0.25) is 14.4 Å². The molecule has 1 atom stereocenters. The van der Waals surface area contributed by atoms with Crippen LogP contribution in [0.3, 0.4) is 0 Å². The monoisotopic (exact) mass is 1030 g/mol. The molecule has 416 valence electrons. The average molecular weight is 1030 g/mol. The summed E-state index contributed by atoms with van der Waals surface area (Å²) in [6.45, 7) is 6.19. The van der Waals surface area contributed by atoms with Crippen molar-refractivity contribution in [2.24, 2.45) is 0 Å². The fourth-order valence-electron chi connectivity index (χ4n) is 7.11. The predicted molar refractivity (Wildman–Crippen MR) is 324 cm³/mol. The van der Waals surface area contributed by atoms with E-state index in [9.17, 15) is 14.4 Å². The average Bonchev–Trinajstić information content (AvgIpc) is 3.41. The molecule has 0 saturated carbocycles. The van der Waals surface area contributed by atoms with Crippen molar-refractivity contribution in [3.63, 3.8) is 0 Å². The van der Waals surface area contributed by atoms with Gasteiger partial charge >= 0.3 is 17.9 Å². The molecule has 0 radical (unpaired) electrons. The van der Waals surface area contributed by atoms with Crippen LogP contribution in [0.2, 0.25) is 0 Å². The molecule has 1 unspecified atom stereocenters. The summed E-state index contributed by atoms with van der Waals surface area (Å²) in [4.78, 5) is 38.2. The number of allylic oxidation sites excluding steroid dienone is 30. The number of ether oxygens (including phenoxy) is 3. The van der Waals surface area contributed by atoms with Crippen LogP contribution in [0.15, 0.2) is 182 Å². The second-order valence-electron chi connectivity index (χ2n) is 18.4. The second-order valence-corrected chi connectivity index (χ2v) is 18.4. The lowest BCUT2D eigenvalue weighted by molar-refractivity contribution is -0.167. The Labute approximate surface area is 459 Å². The molecule has 0 rings (SSSR count). The van der Waals surface area contributed by atoms with Gasteiger partial charge in [-0.25, -0.2) is 0 Å². The molecule has 0 aromatic heterocycles. The molecule has 75 heavy (non-hydrogen) atoms. The third-order valence-electron chi connectivity index (χ3n) is 11.4. The molecular weight excluding hydrogens is 925 g/mol. The molecule has 0 aliphatic heterocycles. The standard InChI is InChI=1S/C69H104O6/c1-4-7-10-13-16-19-22-25-28-30-32-34-36-38-41-44-47-50-53-56-59-62-68(71)74-65-66(64-73-67(70)61-58-55-52-49-46-43-40-27-24-21-18-15-12-9-6-3)75-69(72)63-60-57-54-51-48-45-42-39-37-35-33-31-29-26-23-20-17-14-11-8-5-2/h7-12,16-21,25-29,32-35,38-42,47-48,50-51,66H,4-6,13-15,22-24,30-31,36-37,43-46,49,52-65H2,1-3H3/b10-7-,11-8-,12-9-,19-16-,20-17-,21-18-,28-25-,29-26-,34-32-,35-33-,40-27-,41-38-,42-39-,50-47-,51-48-. The molecule has 0 fully saturated rings. The van der Waals surface area contributed by atoms with Crippen molar-refractivity contribution in [2.45, 2.75) is 219 Å². The minimum atomic E-state index is -0.839. The zero-order valence-corrected chi connectivity index (χ0v) is 47.5. The smallest absolute Gasteiger partial charge is 0.306 e. The van der Waals surface area contributed by atoms with Crippen LogP contribution in [0.5, 0.6) is 0 Å². The lowest BCUT2D eigenvalue weighted by atomic mass is 10.1. The first-order valence-electron chi connectivity index (χ1n) is 29.3. The molecular formula is C69H104O6. The fourth-order valence-corrected chi connectivity index (χ4v) is 7.11. The van der Waals surface area contributed by atoms with E-state index in [-0.39, 0.29) is 44.0 Å². The van der Waals surface area contributed by atoms with Gasteiger partial charge in [-0.15, -0.1) is 0 Å². The van der Waals surface area contributed by atoms with E-state index >= 15 is 0 Å². The quantitative estimate of drug-likeness (QED) is 0.0261. The molecule has 0 heterocycles. The maximum atomic E-state index is 12.9.